The summed E-state index contributed by atoms with van der Waals surface area (Å²) >= 11 is 0. The summed E-state index contributed by atoms with van der Waals surface area (Å²) in [5.41, 5.74) is 0. The van der Waals surface area contributed by atoms with Gasteiger partial charge in [-0.1, -0.05) is 353 Å². The van der Waals surface area contributed by atoms with E-state index in [-0.39, 0.29) is 18.5 Å². The molecule has 1 amide bonds. The van der Waals surface area contributed by atoms with Crippen molar-refractivity contribution in [1.82, 2.24) is 5.32 Å². The predicted octanol–water partition coefficient (Wildman–Crippen LogP) is 22.9. The van der Waals surface area contributed by atoms with Crippen molar-refractivity contribution in [3.05, 3.63) is 24.3 Å². The second kappa shape index (κ2) is 67.8. The van der Waals surface area contributed by atoms with Crippen LogP contribution in [0.1, 0.15) is 399 Å². The number of carbonyl (C=O) groups excluding carboxylic acids is 2. The van der Waals surface area contributed by atoms with Crippen LogP contribution in [0.4, 0.5) is 0 Å². The lowest BCUT2D eigenvalue weighted by Crippen LogP contribution is -2.45. The Bertz CT molecular complexity index is 1220. The van der Waals surface area contributed by atoms with Crippen molar-refractivity contribution in [2.75, 3.05) is 13.2 Å². The minimum atomic E-state index is -0.838. The number of aliphatic hydroxyl groups excluding tert-OH is 2. The zero-order chi connectivity index (χ0) is 56.4. The number of esters is 1. The van der Waals surface area contributed by atoms with E-state index < -0.39 is 12.1 Å². The maximum Gasteiger partial charge on any atom is 0.305 e. The molecule has 0 aromatic rings. The number of unbranched alkanes of at least 4 members (excludes halogenated alkanes) is 54. The molecule has 0 aliphatic heterocycles. The van der Waals surface area contributed by atoms with Crippen LogP contribution < -0.4 is 5.32 Å². The molecule has 0 aromatic heterocycles. The van der Waals surface area contributed by atoms with Crippen molar-refractivity contribution < 1.29 is 24.5 Å². The molecule has 0 bridgehead atoms. The summed E-state index contributed by atoms with van der Waals surface area (Å²) in [5, 5.41) is 23.0. The van der Waals surface area contributed by atoms with E-state index in [2.05, 4.69) is 31.3 Å². The molecular formula is C72H139NO5. The molecule has 0 aliphatic rings. The van der Waals surface area contributed by atoms with E-state index in [4.69, 9.17) is 4.74 Å². The third-order valence-electron chi connectivity index (χ3n) is 16.7. The Balaban J connectivity index is 3.28. The number of hydrogen-bond acceptors (Lipinski definition) is 5. The van der Waals surface area contributed by atoms with Crippen molar-refractivity contribution in [3.8, 4) is 0 Å². The third-order valence-corrected chi connectivity index (χ3v) is 16.7. The first-order valence-corrected chi connectivity index (χ1v) is 35.6. The smallest absolute Gasteiger partial charge is 0.305 e. The fourth-order valence-electron chi connectivity index (χ4n) is 11.3. The maximum absolute atomic E-state index is 12.4. The molecule has 2 unspecified atom stereocenters. The molecule has 78 heavy (non-hydrogen) atoms. The van der Waals surface area contributed by atoms with E-state index in [9.17, 15) is 19.8 Å². The fraction of sp³-hybridized carbons (Fsp3) is 0.917. The number of hydrogen-bond donors (Lipinski definition) is 3. The number of ether oxygens (including phenoxy) is 1. The van der Waals surface area contributed by atoms with E-state index in [1.165, 1.54) is 327 Å². The van der Waals surface area contributed by atoms with Crippen molar-refractivity contribution in [1.29, 1.82) is 0 Å². The van der Waals surface area contributed by atoms with Crippen LogP contribution >= 0.6 is 0 Å². The van der Waals surface area contributed by atoms with Gasteiger partial charge in [0.25, 0.3) is 0 Å². The summed E-state index contributed by atoms with van der Waals surface area (Å²) in [7, 11) is 0. The Morgan fingerprint density at radius 3 is 0.910 bits per heavy atom. The monoisotopic (exact) mass is 1100 g/mol. The van der Waals surface area contributed by atoms with Gasteiger partial charge in [-0.15, -0.1) is 0 Å². The molecule has 6 nitrogen and oxygen atoms in total. The molecule has 0 heterocycles. The summed E-state index contributed by atoms with van der Waals surface area (Å²) < 4.78 is 5.49. The van der Waals surface area contributed by atoms with Crippen LogP contribution in [0.3, 0.4) is 0 Å². The Morgan fingerprint density at radius 1 is 0.346 bits per heavy atom. The van der Waals surface area contributed by atoms with Gasteiger partial charge in [-0.25, -0.2) is 0 Å². The average molecular weight is 1100 g/mol. The SMILES string of the molecule is CCCCCCC/C=C\CCCCCCCC(=O)OCCCCCCCCCCCCCCCCCCCCCCCCCCCCCCCCCCCCCCCC(=O)NC(CO)C(O)/C=C/CCCCCCCCCC. The van der Waals surface area contributed by atoms with Gasteiger partial charge in [-0.05, 0) is 57.8 Å². The van der Waals surface area contributed by atoms with Crippen LogP contribution in [0, 0.1) is 0 Å². The minimum Gasteiger partial charge on any atom is -0.466 e. The second-order valence-corrected chi connectivity index (χ2v) is 24.6. The molecule has 3 N–H and O–H groups in total. The molecule has 0 saturated carbocycles. The number of amides is 1. The van der Waals surface area contributed by atoms with Crippen LogP contribution in [0.15, 0.2) is 24.3 Å². The zero-order valence-corrected chi connectivity index (χ0v) is 52.9. The van der Waals surface area contributed by atoms with Crippen LogP contribution in [0.25, 0.3) is 0 Å². The van der Waals surface area contributed by atoms with E-state index in [1.807, 2.05) is 6.08 Å². The van der Waals surface area contributed by atoms with Crippen molar-refractivity contribution >= 4 is 11.9 Å². The molecule has 2 atom stereocenters. The molecule has 462 valence electrons. The van der Waals surface area contributed by atoms with E-state index in [1.54, 1.807) is 6.08 Å². The van der Waals surface area contributed by atoms with Gasteiger partial charge in [0.2, 0.25) is 5.91 Å². The Morgan fingerprint density at radius 2 is 0.603 bits per heavy atom. The summed E-state index contributed by atoms with van der Waals surface area (Å²) in [4.78, 5) is 24.5. The van der Waals surface area contributed by atoms with Crippen LogP contribution in [-0.4, -0.2) is 47.4 Å². The number of allylic oxidation sites excluding steroid dienone is 3. The summed E-state index contributed by atoms with van der Waals surface area (Å²) in [6, 6.07) is -0.621. The Hall–Kier alpha value is -1.66. The predicted molar refractivity (Wildman–Crippen MR) is 343 cm³/mol. The highest BCUT2D eigenvalue weighted by molar-refractivity contribution is 5.76. The largest absolute Gasteiger partial charge is 0.466 e. The summed E-state index contributed by atoms with van der Waals surface area (Å²) in [6.07, 6.45) is 85.8. The molecule has 0 saturated heterocycles. The minimum absolute atomic E-state index is 0.0150. The normalized spacial score (nSPS) is 12.6. The van der Waals surface area contributed by atoms with Crippen molar-refractivity contribution in [3.63, 3.8) is 0 Å². The number of aliphatic hydroxyl groups is 2. The Labute approximate surface area is 488 Å². The van der Waals surface area contributed by atoms with Crippen LogP contribution in [0.5, 0.6) is 0 Å². The van der Waals surface area contributed by atoms with Gasteiger partial charge >= 0.3 is 5.97 Å². The second-order valence-electron chi connectivity index (χ2n) is 24.6. The van der Waals surface area contributed by atoms with E-state index in [0.717, 1.165) is 44.9 Å². The molecular weight excluding hydrogens is 959 g/mol. The number of nitrogens with one attached hydrogen (secondary N) is 1. The highest BCUT2D eigenvalue weighted by Crippen LogP contribution is 2.19. The van der Waals surface area contributed by atoms with Gasteiger partial charge in [0.15, 0.2) is 0 Å². The molecule has 0 aliphatic carbocycles. The van der Waals surface area contributed by atoms with Gasteiger partial charge in [0.1, 0.15) is 0 Å². The van der Waals surface area contributed by atoms with Gasteiger partial charge in [-0.3, -0.25) is 9.59 Å². The topological polar surface area (TPSA) is 95.9 Å². The first kappa shape index (κ1) is 76.3. The van der Waals surface area contributed by atoms with Crippen LogP contribution in [0.2, 0.25) is 0 Å². The first-order chi connectivity index (χ1) is 38.5. The highest BCUT2D eigenvalue weighted by atomic mass is 16.5. The lowest BCUT2D eigenvalue weighted by Gasteiger charge is -2.20. The molecule has 0 rings (SSSR count). The standard InChI is InChI=1S/C72H139NO5/c1-3-5-7-9-11-13-15-16-43-46-50-54-58-62-66-72(77)78-67-63-59-55-51-47-44-41-39-37-35-33-31-29-27-25-23-21-19-17-18-20-22-24-26-28-30-32-34-36-38-40-42-45-49-53-57-61-65-71(76)73-69(68-74)70(75)64-60-56-52-48-14-12-10-8-6-4-2/h15-16,60,64,69-70,74-75H,3-14,17-59,61-63,65-68H2,1-2H3,(H,73,76)/b16-15-,64-60+. The number of rotatable bonds is 67. The third kappa shape index (κ3) is 63.5. The first-order valence-electron chi connectivity index (χ1n) is 35.6. The molecule has 0 aromatic carbocycles. The molecule has 0 spiro atoms. The molecule has 0 fully saturated rings. The summed E-state index contributed by atoms with van der Waals surface area (Å²) in [5.74, 6) is -0.0475. The van der Waals surface area contributed by atoms with Gasteiger partial charge < -0.3 is 20.3 Å². The van der Waals surface area contributed by atoms with Gasteiger partial charge in [-0.2, -0.15) is 0 Å². The lowest BCUT2D eigenvalue weighted by atomic mass is 10.0. The fourth-order valence-corrected chi connectivity index (χ4v) is 11.3. The highest BCUT2D eigenvalue weighted by Gasteiger charge is 2.18. The molecule has 6 heteroatoms. The number of carbonyl (C=O) groups is 2. The Kier molecular flexibility index (Phi) is 66.4. The van der Waals surface area contributed by atoms with Crippen molar-refractivity contribution in [2.24, 2.45) is 0 Å². The maximum atomic E-state index is 12.4. The van der Waals surface area contributed by atoms with E-state index in [0.29, 0.717) is 19.4 Å². The average Bonchev–Trinajstić information content (AvgIpc) is 3.44. The lowest BCUT2D eigenvalue weighted by molar-refractivity contribution is -0.143. The molecule has 0 radical (unpaired) electrons. The van der Waals surface area contributed by atoms with Gasteiger partial charge in [0, 0.05) is 12.8 Å². The van der Waals surface area contributed by atoms with Crippen LogP contribution in [-0.2, 0) is 14.3 Å². The van der Waals surface area contributed by atoms with Gasteiger partial charge in [0.05, 0.1) is 25.4 Å². The zero-order valence-electron chi connectivity index (χ0n) is 52.9. The quantitative estimate of drug-likeness (QED) is 0.0320. The van der Waals surface area contributed by atoms with E-state index >= 15 is 0 Å². The van der Waals surface area contributed by atoms with Crippen molar-refractivity contribution in [2.45, 2.75) is 411 Å². The summed E-state index contributed by atoms with van der Waals surface area (Å²) in [6.45, 7) is 4.90.